The van der Waals surface area contributed by atoms with Gasteiger partial charge in [-0.05, 0) is 100 Å². The smallest absolute Gasteiger partial charge is 0.326 e. The van der Waals surface area contributed by atoms with Crippen LogP contribution < -0.4 is 9.47 Å². The van der Waals surface area contributed by atoms with E-state index in [4.69, 9.17) is 37.7 Å². The van der Waals surface area contributed by atoms with Gasteiger partial charge in [0.15, 0.2) is 0 Å². The molecular weight excluding hydrogens is 607 g/mol. The highest BCUT2D eigenvalue weighted by Crippen LogP contribution is 2.46. The number of urea groups is 1. The molecular formula is C36H42Cl2N4O3. The highest BCUT2D eigenvalue weighted by molar-refractivity contribution is 6.30. The number of ether oxygens (including phenoxy) is 2. The van der Waals surface area contributed by atoms with Gasteiger partial charge in [-0.1, -0.05) is 53.9 Å². The van der Waals surface area contributed by atoms with Gasteiger partial charge < -0.3 is 19.3 Å². The Kier molecular flexibility index (Phi) is 9.88. The first-order valence-corrected chi connectivity index (χ1v) is 16.8. The maximum atomic E-state index is 14.9. The van der Waals surface area contributed by atoms with Crippen molar-refractivity contribution in [3.63, 3.8) is 0 Å². The molecule has 0 saturated carbocycles. The lowest BCUT2D eigenvalue weighted by Gasteiger charge is -2.42. The lowest BCUT2D eigenvalue weighted by atomic mass is 9.93. The fourth-order valence-electron chi connectivity index (χ4n) is 6.88. The van der Waals surface area contributed by atoms with Gasteiger partial charge in [0.05, 0.1) is 24.8 Å². The fourth-order valence-corrected chi connectivity index (χ4v) is 7.13. The quantitative estimate of drug-likeness (QED) is 0.258. The third-order valence-corrected chi connectivity index (χ3v) is 9.63. The average Bonchev–Trinajstić information content (AvgIpc) is 3.45. The minimum atomic E-state index is -0.403. The van der Waals surface area contributed by atoms with Gasteiger partial charge in [0.2, 0.25) is 0 Å². The molecule has 2 fully saturated rings. The van der Waals surface area contributed by atoms with E-state index >= 15 is 0 Å². The zero-order valence-corrected chi connectivity index (χ0v) is 27.8. The number of likely N-dealkylation sites (tertiary alicyclic amines) is 2. The number of hydrogen-bond acceptors (Lipinski definition) is 5. The van der Waals surface area contributed by atoms with Crippen molar-refractivity contribution in [2.24, 2.45) is 4.99 Å². The molecule has 0 radical (unpaired) electrons. The van der Waals surface area contributed by atoms with Gasteiger partial charge in [0.1, 0.15) is 23.4 Å². The molecule has 3 heterocycles. The van der Waals surface area contributed by atoms with Crippen LogP contribution >= 0.6 is 23.2 Å². The lowest BCUT2D eigenvalue weighted by molar-refractivity contribution is 0.0927. The molecule has 0 spiro atoms. The Morgan fingerprint density at radius 1 is 0.844 bits per heavy atom. The standard InChI is InChI=1S/C36H42Cl2N4O3/c1-24(2)45-32-23-30(44-3)15-16-31(32)35-39-33(25-7-11-27(37)12-8-25)34(26-9-13-28(38)14-10-26)42(35)36(43)41-21-17-29(18-22-41)40-19-5-4-6-20-40/h7-16,23-24,29,33-34H,4-6,17-22H2,1-3H3. The second-order valence-electron chi connectivity index (χ2n) is 12.4. The molecule has 0 aromatic heterocycles. The topological polar surface area (TPSA) is 57.6 Å². The van der Waals surface area contributed by atoms with Crippen LogP contribution in [0.4, 0.5) is 4.79 Å². The van der Waals surface area contributed by atoms with Crippen molar-refractivity contribution in [1.82, 2.24) is 14.7 Å². The zero-order chi connectivity index (χ0) is 31.5. The van der Waals surface area contributed by atoms with E-state index in [2.05, 4.69) is 4.90 Å². The molecule has 6 rings (SSSR count). The Balaban J connectivity index is 1.42. The third kappa shape index (κ3) is 6.96. The zero-order valence-electron chi connectivity index (χ0n) is 26.3. The number of nitrogens with zero attached hydrogens (tertiary/aromatic N) is 4. The van der Waals surface area contributed by atoms with Crippen LogP contribution in [0.3, 0.4) is 0 Å². The van der Waals surface area contributed by atoms with Crippen molar-refractivity contribution in [2.75, 3.05) is 33.3 Å². The van der Waals surface area contributed by atoms with Gasteiger partial charge in [-0.25, -0.2) is 4.79 Å². The molecule has 9 heteroatoms. The second kappa shape index (κ2) is 14.0. The van der Waals surface area contributed by atoms with Crippen molar-refractivity contribution in [2.45, 2.75) is 70.2 Å². The first-order valence-electron chi connectivity index (χ1n) is 16.1. The number of rotatable bonds is 7. The number of amides is 2. The predicted molar refractivity (Wildman–Crippen MR) is 181 cm³/mol. The largest absolute Gasteiger partial charge is 0.497 e. The summed E-state index contributed by atoms with van der Waals surface area (Å²) in [7, 11) is 1.64. The van der Waals surface area contributed by atoms with Gasteiger partial charge >= 0.3 is 6.03 Å². The van der Waals surface area contributed by atoms with Crippen molar-refractivity contribution in [3.05, 3.63) is 93.5 Å². The summed E-state index contributed by atoms with van der Waals surface area (Å²) in [6.07, 6.45) is 5.72. The number of halogens is 2. The van der Waals surface area contributed by atoms with E-state index < -0.39 is 6.04 Å². The molecule has 2 saturated heterocycles. The normalized spacial score (nSPS) is 21.2. The van der Waals surface area contributed by atoms with E-state index in [0.29, 0.717) is 46.5 Å². The number of aliphatic imine (C=N–C) groups is 1. The molecule has 3 aromatic rings. The van der Waals surface area contributed by atoms with Gasteiger partial charge in [-0.2, -0.15) is 0 Å². The molecule has 0 aliphatic carbocycles. The molecule has 3 aliphatic rings. The van der Waals surface area contributed by atoms with E-state index in [1.807, 2.05) is 90.4 Å². The van der Waals surface area contributed by atoms with Crippen LogP contribution in [0.25, 0.3) is 0 Å². The first kappa shape index (κ1) is 31.7. The number of amidine groups is 1. The number of carbonyl (C=O) groups is 1. The molecule has 0 bridgehead atoms. The number of benzene rings is 3. The van der Waals surface area contributed by atoms with Gasteiger partial charge in [0.25, 0.3) is 0 Å². The van der Waals surface area contributed by atoms with Crippen LogP contribution in [0.15, 0.2) is 71.7 Å². The molecule has 45 heavy (non-hydrogen) atoms. The van der Waals surface area contributed by atoms with Gasteiger partial charge in [-0.15, -0.1) is 0 Å². The average molecular weight is 650 g/mol. The molecule has 7 nitrogen and oxygen atoms in total. The van der Waals surface area contributed by atoms with Crippen LogP contribution in [0.5, 0.6) is 11.5 Å². The van der Waals surface area contributed by atoms with Crippen LogP contribution in [-0.2, 0) is 0 Å². The molecule has 3 aliphatic heterocycles. The Bertz CT molecular complexity index is 1500. The molecule has 0 N–H and O–H groups in total. The second-order valence-corrected chi connectivity index (χ2v) is 13.3. The summed E-state index contributed by atoms with van der Waals surface area (Å²) >= 11 is 12.7. The number of methoxy groups -OCH3 is 1. The summed E-state index contributed by atoms with van der Waals surface area (Å²) in [6, 6.07) is 20.9. The number of carbonyl (C=O) groups excluding carboxylic acids is 1. The number of piperidine rings is 2. The molecule has 238 valence electrons. The van der Waals surface area contributed by atoms with E-state index in [-0.39, 0.29) is 18.2 Å². The Labute approximate surface area is 276 Å². The molecule has 2 atom stereocenters. The van der Waals surface area contributed by atoms with Crippen molar-refractivity contribution < 1.29 is 14.3 Å². The van der Waals surface area contributed by atoms with Crippen LogP contribution in [-0.4, -0.2) is 72.0 Å². The van der Waals surface area contributed by atoms with Gasteiger partial charge in [-0.3, -0.25) is 9.89 Å². The SMILES string of the molecule is COc1ccc(C2=NC(c3ccc(Cl)cc3)C(c3ccc(Cl)cc3)N2C(=O)N2CCC(N3CCCCC3)CC2)c(OC(C)C)c1. The van der Waals surface area contributed by atoms with E-state index in [9.17, 15) is 4.79 Å². The predicted octanol–water partition coefficient (Wildman–Crippen LogP) is 8.40. The van der Waals surface area contributed by atoms with Crippen molar-refractivity contribution in [3.8, 4) is 11.5 Å². The van der Waals surface area contributed by atoms with Crippen LogP contribution in [0.2, 0.25) is 10.0 Å². The minimum absolute atomic E-state index is 0.0476. The molecule has 3 aromatic carbocycles. The van der Waals surface area contributed by atoms with Gasteiger partial charge in [0, 0.05) is 35.2 Å². The summed E-state index contributed by atoms with van der Waals surface area (Å²) in [5.74, 6) is 1.88. The van der Waals surface area contributed by atoms with Crippen molar-refractivity contribution in [1.29, 1.82) is 0 Å². The highest BCUT2D eigenvalue weighted by atomic mass is 35.5. The van der Waals surface area contributed by atoms with E-state index in [1.165, 1.54) is 32.4 Å². The Morgan fingerprint density at radius 2 is 1.47 bits per heavy atom. The Morgan fingerprint density at radius 3 is 2.07 bits per heavy atom. The fraction of sp³-hybridized carbons (Fsp3) is 0.444. The highest BCUT2D eigenvalue weighted by Gasteiger charge is 2.45. The van der Waals surface area contributed by atoms with Crippen molar-refractivity contribution >= 4 is 35.1 Å². The Hall–Kier alpha value is -3.26. The summed E-state index contributed by atoms with van der Waals surface area (Å²) < 4.78 is 11.9. The summed E-state index contributed by atoms with van der Waals surface area (Å²) in [6.45, 7) is 7.73. The summed E-state index contributed by atoms with van der Waals surface area (Å²) in [4.78, 5) is 26.7. The number of hydrogen-bond donors (Lipinski definition) is 0. The van der Waals surface area contributed by atoms with Crippen LogP contribution in [0, 0.1) is 0 Å². The van der Waals surface area contributed by atoms with E-state index in [0.717, 1.165) is 29.5 Å². The summed E-state index contributed by atoms with van der Waals surface area (Å²) in [5.41, 5.74) is 2.67. The lowest BCUT2D eigenvalue weighted by Crippen LogP contribution is -2.52. The summed E-state index contributed by atoms with van der Waals surface area (Å²) in [5, 5.41) is 1.29. The van der Waals surface area contributed by atoms with E-state index in [1.54, 1.807) is 7.11 Å². The van der Waals surface area contributed by atoms with Crippen LogP contribution in [0.1, 0.15) is 74.7 Å². The maximum Gasteiger partial charge on any atom is 0.326 e. The molecule has 2 amide bonds. The minimum Gasteiger partial charge on any atom is -0.497 e. The molecule has 2 unspecified atom stereocenters. The first-order chi connectivity index (χ1) is 21.8. The maximum absolute atomic E-state index is 14.9. The third-order valence-electron chi connectivity index (χ3n) is 9.13. The monoisotopic (exact) mass is 648 g/mol.